The van der Waals surface area contributed by atoms with E-state index < -0.39 is 17.1 Å². The van der Waals surface area contributed by atoms with Crippen molar-refractivity contribution in [1.29, 1.82) is 0 Å². The third-order valence-electron chi connectivity index (χ3n) is 1.75. The lowest BCUT2D eigenvalue weighted by Gasteiger charge is -1.88. The number of hydrogen-bond acceptors (Lipinski definition) is 5. The molecule has 0 unspecified atom stereocenters. The molecule has 1 fully saturated rings. The highest BCUT2D eigenvalue weighted by Crippen LogP contribution is 2.28. The molecule has 0 atom stereocenters. The van der Waals surface area contributed by atoms with Gasteiger partial charge in [-0.1, -0.05) is 0 Å². The quantitative estimate of drug-likeness (QED) is 0.787. The molecule has 1 aliphatic heterocycles. The van der Waals surface area contributed by atoms with Crippen molar-refractivity contribution < 1.29 is 19.5 Å². The fourth-order valence-electron chi connectivity index (χ4n) is 1.10. The standard InChI is InChI=1S/C9H5NO4S2/c11-7-6(16-9(14)10-7)3-4-1-2-5(15-4)8(12)13/h1-3H,(H,12,13)(H,10,11,14)/b6-3-. The summed E-state index contributed by atoms with van der Waals surface area (Å²) in [6.45, 7) is 0. The smallest absolute Gasteiger partial charge is 0.345 e. The number of carboxylic acids is 1. The van der Waals surface area contributed by atoms with Gasteiger partial charge in [0, 0.05) is 4.88 Å². The number of imide groups is 1. The summed E-state index contributed by atoms with van der Waals surface area (Å²) in [6, 6.07) is 3.05. The molecule has 0 saturated carbocycles. The molecule has 0 radical (unpaired) electrons. The van der Waals surface area contributed by atoms with Crippen molar-refractivity contribution in [1.82, 2.24) is 5.32 Å². The van der Waals surface area contributed by atoms with Crippen LogP contribution >= 0.6 is 23.1 Å². The summed E-state index contributed by atoms with van der Waals surface area (Å²) < 4.78 is 0. The van der Waals surface area contributed by atoms with E-state index in [0.717, 1.165) is 23.1 Å². The Morgan fingerprint density at radius 1 is 1.38 bits per heavy atom. The zero-order valence-electron chi connectivity index (χ0n) is 7.72. The number of hydrogen-bond donors (Lipinski definition) is 2. The fraction of sp³-hybridized carbons (Fsp3) is 0. The van der Waals surface area contributed by atoms with Gasteiger partial charge in [0.2, 0.25) is 0 Å². The van der Waals surface area contributed by atoms with E-state index >= 15 is 0 Å². The molecule has 2 rings (SSSR count). The van der Waals surface area contributed by atoms with Gasteiger partial charge in [-0.25, -0.2) is 4.79 Å². The number of thioether (sulfide) groups is 1. The maximum absolute atomic E-state index is 11.2. The van der Waals surface area contributed by atoms with Crippen molar-refractivity contribution in [3.8, 4) is 0 Å². The summed E-state index contributed by atoms with van der Waals surface area (Å²) in [7, 11) is 0. The number of carbonyl (C=O) groups excluding carboxylic acids is 2. The van der Waals surface area contributed by atoms with Gasteiger partial charge in [-0.3, -0.25) is 14.9 Å². The number of thiophene rings is 1. The van der Waals surface area contributed by atoms with Gasteiger partial charge in [0.05, 0.1) is 4.91 Å². The Labute approximate surface area is 98.2 Å². The van der Waals surface area contributed by atoms with Crippen LogP contribution in [0.4, 0.5) is 4.79 Å². The van der Waals surface area contributed by atoms with Gasteiger partial charge in [0.15, 0.2) is 0 Å². The monoisotopic (exact) mass is 255 g/mol. The van der Waals surface area contributed by atoms with Crippen molar-refractivity contribution in [2.24, 2.45) is 0 Å². The lowest BCUT2D eigenvalue weighted by molar-refractivity contribution is -0.115. The summed E-state index contributed by atoms with van der Waals surface area (Å²) in [5.41, 5.74) is 0. The molecule has 2 heterocycles. The average molecular weight is 255 g/mol. The van der Waals surface area contributed by atoms with Gasteiger partial charge in [-0.05, 0) is 30.0 Å². The lowest BCUT2D eigenvalue weighted by atomic mass is 10.4. The third kappa shape index (κ3) is 2.15. The van der Waals surface area contributed by atoms with Crippen LogP contribution in [0.3, 0.4) is 0 Å². The maximum Gasteiger partial charge on any atom is 0.345 e. The Bertz CT molecular complexity index is 517. The molecule has 82 valence electrons. The Morgan fingerprint density at radius 3 is 2.62 bits per heavy atom. The minimum atomic E-state index is -1.01. The second-order valence-electron chi connectivity index (χ2n) is 2.86. The van der Waals surface area contributed by atoms with Crippen LogP contribution in [0, 0.1) is 0 Å². The van der Waals surface area contributed by atoms with Crippen molar-refractivity contribution >= 4 is 46.3 Å². The second-order valence-corrected chi connectivity index (χ2v) is 4.99. The van der Waals surface area contributed by atoms with Crippen LogP contribution < -0.4 is 5.32 Å². The number of rotatable bonds is 2. The molecule has 2 amide bonds. The summed E-state index contributed by atoms with van der Waals surface area (Å²) in [5.74, 6) is -1.45. The van der Waals surface area contributed by atoms with E-state index in [0.29, 0.717) is 4.88 Å². The van der Waals surface area contributed by atoms with Crippen molar-refractivity contribution in [2.75, 3.05) is 0 Å². The summed E-state index contributed by atoms with van der Waals surface area (Å²) in [5, 5.41) is 10.4. The predicted molar refractivity (Wildman–Crippen MR) is 60.4 cm³/mol. The molecule has 1 aromatic rings. The Balaban J connectivity index is 2.26. The van der Waals surface area contributed by atoms with Crippen LogP contribution in [0.1, 0.15) is 14.5 Å². The predicted octanol–water partition coefficient (Wildman–Crippen LogP) is 1.77. The van der Waals surface area contributed by atoms with E-state index in [2.05, 4.69) is 5.32 Å². The molecule has 0 aliphatic carbocycles. The Kier molecular flexibility index (Phi) is 2.80. The van der Waals surface area contributed by atoms with E-state index in [1.807, 2.05) is 0 Å². The number of amides is 2. The SMILES string of the molecule is O=C1NC(=O)/C(=C/c2ccc(C(=O)O)s2)S1. The number of aromatic carboxylic acids is 1. The average Bonchev–Trinajstić information content (AvgIpc) is 2.75. The Hall–Kier alpha value is -1.60. The lowest BCUT2D eigenvalue weighted by Crippen LogP contribution is -2.17. The summed E-state index contributed by atoms with van der Waals surface area (Å²) in [6.07, 6.45) is 1.50. The minimum Gasteiger partial charge on any atom is -0.477 e. The van der Waals surface area contributed by atoms with E-state index in [1.54, 1.807) is 6.07 Å². The maximum atomic E-state index is 11.2. The van der Waals surface area contributed by atoms with Crippen LogP contribution in [0.15, 0.2) is 17.0 Å². The first-order valence-corrected chi connectivity index (χ1v) is 5.77. The molecular weight excluding hydrogens is 250 g/mol. The first kappa shape index (κ1) is 10.9. The third-order valence-corrected chi connectivity index (χ3v) is 3.58. The number of nitrogens with one attached hydrogen (secondary N) is 1. The second kappa shape index (κ2) is 4.11. The van der Waals surface area contributed by atoms with Crippen molar-refractivity contribution in [2.45, 2.75) is 0 Å². The molecule has 2 N–H and O–H groups in total. The highest BCUT2D eigenvalue weighted by Gasteiger charge is 2.25. The largest absolute Gasteiger partial charge is 0.477 e. The van der Waals surface area contributed by atoms with Crippen LogP contribution in [0.2, 0.25) is 0 Å². The number of carbonyl (C=O) groups is 3. The fourth-order valence-corrected chi connectivity index (χ4v) is 2.63. The summed E-state index contributed by atoms with van der Waals surface area (Å²) >= 11 is 1.86. The highest BCUT2D eigenvalue weighted by molar-refractivity contribution is 8.18. The van der Waals surface area contributed by atoms with Gasteiger partial charge in [0.25, 0.3) is 11.1 Å². The van der Waals surface area contributed by atoms with E-state index in [-0.39, 0.29) is 9.78 Å². The zero-order chi connectivity index (χ0) is 11.7. The van der Waals surface area contributed by atoms with Gasteiger partial charge in [-0.2, -0.15) is 0 Å². The molecule has 0 spiro atoms. The highest BCUT2D eigenvalue weighted by atomic mass is 32.2. The van der Waals surface area contributed by atoms with Crippen LogP contribution in [-0.4, -0.2) is 22.2 Å². The first-order valence-electron chi connectivity index (χ1n) is 4.14. The topological polar surface area (TPSA) is 83.5 Å². The Morgan fingerprint density at radius 2 is 2.12 bits per heavy atom. The van der Waals surface area contributed by atoms with Gasteiger partial charge < -0.3 is 5.11 Å². The van der Waals surface area contributed by atoms with E-state index in [9.17, 15) is 14.4 Å². The van der Waals surface area contributed by atoms with E-state index in [4.69, 9.17) is 5.11 Å². The van der Waals surface area contributed by atoms with E-state index in [1.165, 1.54) is 12.1 Å². The van der Waals surface area contributed by atoms with Crippen LogP contribution in [0.5, 0.6) is 0 Å². The molecular formula is C9H5NO4S2. The summed E-state index contributed by atoms with van der Waals surface area (Å²) in [4.78, 5) is 33.8. The molecule has 5 nitrogen and oxygen atoms in total. The van der Waals surface area contributed by atoms with Gasteiger partial charge in [0.1, 0.15) is 4.88 Å². The molecule has 0 aromatic carbocycles. The van der Waals surface area contributed by atoms with Crippen LogP contribution in [-0.2, 0) is 4.79 Å². The van der Waals surface area contributed by atoms with Crippen LogP contribution in [0.25, 0.3) is 6.08 Å². The molecule has 1 aliphatic rings. The molecule has 0 bridgehead atoms. The molecule has 1 aromatic heterocycles. The minimum absolute atomic E-state index is 0.196. The molecule has 1 saturated heterocycles. The van der Waals surface area contributed by atoms with Gasteiger partial charge in [-0.15, -0.1) is 11.3 Å². The van der Waals surface area contributed by atoms with Crippen molar-refractivity contribution in [3.63, 3.8) is 0 Å². The normalized spacial score (nSPS) is 17.9. The zero-order valence-corrected chi connectivity index (χ0v) is 9.35. The molecule has 7 heteroatoms. The number of carboxylic acid groups (broad SMARTS) is 1. The van der Waals surface area contributed by atoms with Gasteiger partial charge >= 0.3 is 5.97 Å². The first-order chi connectivity index (χ1) is 7.56. The molecule has 16 heavy (non-hydrogen) atoms. The van der Waals surface area contributed by atoms with Crippen molar-refractivity contribution in [3.05, 3.63) is 26.8 Å².